The minimum atomic E-state index is -0.845. The SMILES string of the molecule is O=C(NN=Cc1c(O)[nH]c(=O)[nH]c1=O)c1ccnc2ccccc12. The van der Waals surface area contributed by atoms with Crippen molar-refractivity contribution >= 4 is 23.0 Å². The zero-order valence-electron chi connectivity index (χ0n) is 12.1. The lowest BCUT2D eigenvalue weighted by atomic mass is 10.1. The van der Waals surface area contributed by atoms with Crippen LogP contribution in [0.5, 0.6) is 5.88 Å². The first-order valence-electron chi connectivity index (χ1n) is 6.79. The molecule has 9 nitrogen and oxygen atoms in total. The summed E-state index contributed by atoms with van der Waals surface area (Å²) in [7, 11) is 0. The van der Waals surface area contributed by atoms with E-state index in [0.717, 1.165) is 6.21 Å². The fourth-order valence-corrected chi connectivity index (χ4v) is 2.11. The van der Waals surface area contributed by atoms with E-state index in [9.17, 15) is 19.5 Å². The highest BCUT2D eigenvalue weighted by atomic mass is 16.3. The van der Waals surface area contributed by atoms with Gasteiger partial charge in [-0.2, -0.15) is 5.10 Å². The van der Waals surface area contributed by atoms with Crippen LogP contribution >= 0.6 is 0 Å². The van der Waals surface area contributed by atoms with Crippen LogP contribution in [0.3, 0.4) is 0 Å². The number of fused-ring (bicyclic) bond motifs is 1. The van der Waals surface area contributed by atoms with E-state index in [-0.39, 0.29) is 5.56 Å². The number of hydrazone groups is 1. The second kappa shape index (κ2) is 6.16. The zero-order chi connectivity index (χ0) is 17.1. The van der Waals surface area contributed by atoms with Gasteiger partial charge in [-0.3, -0.25) is 24.5 Å². The molecule has 0 unspecified atom stereocenters. The number of aromatic nitrogens is 3. The minimum absolute atomic E-state index is 0.283. The van der Waals surface area contributed by atoms with Crippen LogP contribution in [0.4, 0.5) is 0 Å². The van der Waals surface area contributed by atoms with Gasteiger partial charge in [-0.15, -0.1) is 0 Å². The van der Waals surface area contributed by atoms with Crippen LogP contribution in [0.25, 0.3) is 10.9 Å². The molecule has 0 radical (unpaired) electrons. The number of hydrogen-bond donors (Lipinski definition) is 4. The molecule has 0 aliphatic rings. The van der Waals surface area contributed by atoms with Crippen LogP contribution in [0.1, 0.15) is 15.9 Å². The van der Waals surface area contributed by atoms with Gasteiger partial charge in [-0.1, -0.05) is 18.2 Å². The highest BCUT2D eigenvalue weighted by Gasteiger charge is 2.10. The first-order valence-corrected chi connectivity index (χ1v) is 6.79. The second-order valence-electron chi connectivity index (χ2n) is 4.75. The van der Waals surface area contributed by atoms with Crippen molar-refractivity contribution < 1.29 is 9.90 Å². The summed E-state index contributed by atoms with van der Waals surface area (Å²) < 4.78 is 0. The van der Waals surface area contributed by atoms with E-state index in [0.29, 0.717) is 16.5 Å². The van der Waals surface area contributed by atoms with Gasteiger partial charge in [0.15, 0.2) is 0 Å². The topological polar surface area (TPSA) is 140 Å². The molecule has 9 heteroatoms. The number of rotatable bonds is 3. The Morgan fingerprint density at radius 2 is 2.00 bits per heavy atom. The van der Waals surface area contributed by atoms with Gasteiger partial charge in [0.25, 0.3) is 11.5 Å². The van der Waals surface area contributed by atoms with Crippen LogP contribution in [0.2, 0.25) is 0 Å². The highest BCUT2D eigenvalue weighted by Crippen LogP contribution is 2.15. The van der Waals surface area contributed by atoms with E-state index in [1.165, 1.54) is 12.3 Å². The molecule has 4 N–H and O–H groups in total. The van der Waals surface area contributed by atoms with Gasteiger partial charge in [0.2, 0.25) is 5.88 Å². The van der Waals surface area contributed by atoms with Gasteiger partial charge < -0.3 is 5.11 Å². The van der Waals surface area contributed by atoms with Gasteiger partial charge in [-0.25, -0.2) is 10.2 Å². The number of aromatic hydroxyl groups is 1. The summed E-state index contributed by atoms with van der Waals surface area (Å²) in [5.74, 6) is -1.15. The van der Waals surface area contributed by atoms with Crippen molar-refractivity contribution in [2.24, 2.45) is 5.10 Å². The normalized spacial score (nSPS) is 11.0. The predicted molar refractivity (Wildman–Crippen MR) is 86.2 cm³/mol. The number of carbonyl (C=O) groups excluding carboxylic acids is 1. The van der Waals surface area contributed by atoms with E-state index in [1.807, 2.05) is 9.97 Å². The molecule has 120 valence electrons. The maximum atomic E-state index is 12.2. The average molecular weight is 325 g/mol. The molecule has 0 aliphatic heterocycles. The van der Waals surface area contributed by atoms with Gasteiger partial charge in [0.05, 0.1) is 17.3 Å². The van der Waals surface area contributed by atoms with E-state index in [1.54, 1.807) is 24.3 Å². The summed E-state index contributed by atoms with van der Waals surface area (Å²) in [6, 6.07) is 8.65. The number of nitrogens with zero attached hydrogens (tertiary/aromatic N) is 2. The number of aromatic amines is 2. The highest BCUT2D eigenvalue weighted by molar-refractivity contribution is 6.06. The Morgan fingerprint density at radius 1 is 1.21 bits per heavy atom. The lowest BCUT2D eigenvalue weighted by Crippen LogP contribution is -2.25. The van der Waals surface area contributed by atoms with Crippen molar-refractivity contribution in [2.45, 2.75) is 0 Å². The van der Waals surface area contributed by atoms with Crippen LogP contribution in [-0.2, 0) is 0 Å². The van der Waals surface area contributed by atoms with Crippen molar-refractivity contribution in [3.8, 4) is 5.88 Å². The van der Waals surface area contributed by atoms with E-state index in [4.69, 9.17) is 0 Å². The Bertz CT molecular complexity index is 1060. The molecule has 2 heterocycles. The van der Waals surface area contributed by atoms with Crippen molar-refractivity contribution in [1.82, 2.24) is 20.4 Å². The van der Waals surface area contributed by atoms with Crippen molar-refractivity contribution in [1.29, 1.82) is 0 Å². The number of benzene rings is 1. The molecule has 1 aromatic carbocycles. The summed E-state index contributed by atoms with van der Waals surface area (Å²) in [5.41, 5.74) is 1.31. The van der Waals surface area contributed by atoms with Crippen molar-refractivity contribution in [3.05, 3.63) is 68.5 Å². The maximum absolute atomic E-state index is 12.2. The summed E-state index contributed by atoms with van der Waals surface area (Å²) in [4.78, 5) is 42.8. The molecule has 24 heavy (non-hydrogen) atoms. The van der Waals surface area contributed by atoms with Crippen molar-refractivity contribution in [3.63, 3.8) is 0 Å². The Balaban J connectivity index is 1.86. The van der Waals surface area contributed by atoms with E-state index >= 15 is 0 Å². The lowest BCUT2D eigenvalue weighted by molar-refractivity contribution is 0.0956. The zero-order valence-corrected chi connectivity index (χ0v) is 12.1. The summed E-state index contributed by atoms with van der Waals surface area (Å²) >= 11 is 0. The number of pyridine rings is 1. The van der Waals surface area contributed by atoms with Crippen LogP contribution in [0.15, 0.2) is 51.2 Å². The van der Waals surface area contributed by atoms with Gasteiger partial charge >= 0.3 is 5.69 Å². The Morgan fingerprint density at radius 3 is 2.79 bits per heavy atom. The van der Waals surface area contributed by atoms with Gasteiger partial charge in [0.1, 0.15) is 5.56 Å². The fourth-order valence-electron chi connectivity index (χ4n) is 2.11. The molecule has 2 aromatic heterocycles. The first-order chi connectivity index (χ1) is 11.6. The molecule has 3 rings (SSSR count). The molecule has 0 saturated heterocycles. The number of amides is 1. The summed E-state index contributed by atoms with van der Waals surface area (Å²) in [6.45, 7) is 0. The van der Waals surface area contributed by atoms with Crippen LogP contribution < -0.4 is 16.7 Å². The van der Waals surface area contributed by atoms with E-state index < -0.39 is 23.0 Å². The molecule has 0 atom stereocenters. The third kappa shape index (κ3) is 2.90. The maximum Gasteiger partial charge on any atom is 0.328 e. The summed E-state index contributed by atoms with van der Waals surface area (Å²) in [5, 5.41) is 13.8. The Labute approximate surface area is 133 Å². The average Bonchev–Trinajstić information content (AvgIpc) is 2.56. The molecule has 0 fully saturated rings. The minimum Gasteiger partial charge on any atom is -0.494 e. The molecular weight excluding hydrogens is 314 g/mol. The van der Waals surface area contributed by atoms with E-state index in [2.05, 4.69) is 15.5 Å². The molecule has 1 amide bonds. The smallest absolute Gasteiger partial charge is 0.328 e. The molecule has 3 aromatic rings. The van der Waals surface area contributed by atoms with Crippen molar-refractivity contribution in [2.75, 3.05) is 0 Å². The lowest BCUT2D eigenvalue weighted by Gasteiger charge is -2.04. The number of carbonyl (C=O) groups is 1. The predicted octanol–water partition coefficient (Wildman–Crippen LogP) is 0.0809. The monoisotopic (exact) mass is 325 g/mol. The first kappa shape index (κ1) is 15.2. The molecule has 0 saturated carbocycles. The third-order valence-electron chi connectivity index (χ3n) is 3.21. The molecule has 0 spiro atoms. The quantitative estimate of drug-likeness (QED) is 0.399. The van der Waals surface area contributed by atoms with Crippen LogP contribution in [0, 0.1) is 0 Å². The molecular formula is C15H11N5O4. The fraction of sp³-hybridized carbons (Fsp3) is 0. The number of nitrogens with one attached hydrogen (secondary N) is 3. The van der Waals surface area contributed by atoms with Gasteiger partial charge in [0, 0.05) is 11.6 Å². The molecule has 0 aliphatic carbocycles. The second-order valence-corrected chi connectivity index (χ2v) is 4.75. The Hall–Kier alpha value is -3.75. The standard InChI is InChI=1S/C15H11N5O4/c21-12-10(13(22)19-15(24)18-12)7-17-20-14(23)9-5-6-16-11-4-2-1-3-8(9)11/h1-7H,(H,20,23)(H3,18,19,21,22,24). The number of para-hydroxylation sites is 1. The number of H-pyrrole nitrogens is 2. The largest absolute Gasteiger partial charge is 0.494 e. The molecule has 0 bridgehead atoms. The van der Waals surface area contributed by atoms with Gasteiger partial charge in [-0.05, 0) is 12.1 Å². The third-order valence-corrected chi connectivity index (χ3v) is 3.21. The Kier molecular flexibility index (Phi) is 3.89. The van der Waals surface area contributed by atoms with Crippen LogP contribution in [-0.4, -0.2) is 32.2 Å². The summed E-state index contributed by atoms with van der Waals surface area (Å²) in [6.07, 6.45) is 2.44. The number of hydrogen-bond acceptors (Lipinski definition) is 6.